The molecule has 0 spiro atoms. The minimum Gasteiger partial charge on any atom is -0.387 e. The highest BCUT2D eigenvalue weighted by Gasteiger charge is 2.23. The maximum absolute atomic E-state index is 10.4. The van der Waals surface area contributed by atoms with E-state index in [1.54, 1.807) is 18.3 Å². The lowest BCUT2D eigenvalue weighted by Crippen LogP contribution is -2.36. The van der Waals surface area contributed by atoms with Crippen LogP contribution in [0.15, 0.2) is 42.6 Å². The molecule has 1 aromatic carbocycles. The maximum Gasteiger partial charge on any atom is 0.101 e. The monoisotopic (exact) mass is 332 g/mol. The number of piperidine rings is 1. The minimum absolute atomic E-state index is 0.413. The molecule has 25 heavy (non-hydrogen) atoms. The topological polar surface area (TPSA) is 83.9 Å². The largest absolute Gasteiger partial charge is 0.387 e. The van der Waals surface area contributed by atoms with Gasteiger partial charge in [0.1, 0.15) is 6.07 Å². The van der Waals surface area contributed by atoms with Crippen molar-refractivity contribution in [1.29, 1.82) is 10.5 Å². The van der Waals surface area contributed by atoms with Crippen LogP contribution in [0.5, 0.6) is 0 Å². The summed E-state index contributed by atoms with van der Waals surface area (Å²) in [6.07, 6.45) is 3.09. The van der Waals surface area contributed by atoms with Crippen LogP contribution < -0.4 is 0 Å². The van der Waals surface area contributed by atoms with Gasteiger partial charge in [-0.1, -0.05) is 12.1 Å². The van der Waals surface area contributed by atoms with Gasteiger partial charge in [0.25, 0.3) is 0 Å². The van der Waals surface area contributed by atoms with E-state index in [2.05, 4.69) is 22.0 Å². The Labute approximate surface area is 147 Å². The summed E-state index contributed by atoms with van der Waals surface area (Å²) in [5.74, 6) is 0.413. The van der Waals surface area contributed by atoms with Gasteiger partial charge in [0, 0.05) is 24.4 Å². The summed E-state index contributed by atoms with van der Waals surface area (Å²) < 4.78 is 0. The number of pyridine rings is 1. The molecule has 1 fully saturated rings. The van der Waals surface area contributed by atoms with Crippen molar-refractivity contribution in [3.05, 3.63) is 65.0 Å². The van der Waals surface area contributed by atoms with E-state index in [0.717, 1.165) is 37.2 Å². The summed E-state index contributed by atoms with van der Waals surface area (Å²) in [5.41, 5.74) is 3.08. The lowest BCUT2D eigenvalue weighted by Gasteiger charge is -2.33. The highest BCUT2D eigenvalue weighted by molar-refractivity contribution is 5.32. The van der Waals surface area contributed by atoms with E-state index in [-0.39, 0.29) is 0 Å². The number of aliphatic hydroxyl groups is 1. The standard InChI is InChI=1S/C20H20N4O/c21-11-15-1-4-18(5-2-15)20(25)14-24-9-7-17(8-10-24)19-6-3-16(12-22)13-23-19/h1-6,13,17,20,25H,7-10,14H2. The highest BCUT2D eigenvalue weighted by atomic mass is 16.3. The van der Waals surface area contributed by atoms with Crippen molar-refractivity contribution in [2.45, 2.75) is 24.9 Å². The van der Waals surface area contributed by atoms with Gasteiger partial charge in [0.2, 0.25) is 0 Å². The Morgan fingerprint density at radius 3 is 2.24 bits per heavy atom. The molecule has 1 aromatic heterocycles. The van der Waals surface area contributed by atoms with Gasteiger partial charge >= 0.3 is 0 Å². The van der Waals surface area contributed by atoms with Crippen LogP contribution in [0, 0.1) is 22.7 Å². The van der Waals surface area contributed by atoms with Crippen molar-refractivity contribution in [1.82, 2.24) is 9.88 Å². The van der Waals surface area contributed by atoms with Gasteiger partial charge in [-0.15, -0.1) is 0 Å². The summed E-state index contributed by atoms with van der Waals surface area (Å²) in [4.78, 5) is 6.67. The van der Waals surface area contributed by atoms with Crippen LogP contribution in [-0.4, -0.2) is 34.6 Å². The van der Waals surface area contributed by atoms with E-state index in [9.17, 15) is 5.11 Å². The van der Waals surface area contributed by atoms with Crippen molar-refractivity contribution in [3.8, 4) is 12.1 Å². The number of aromatic nitrogens is 1. The molecule has 2 heterocycles. The number of hydrogen-bond donors (Lipinski definition) is 1. The molecule has 1 atom stereocenters. The fourth-order valence-electron chi connectivity index (χ4n) is 3.25. The van der Waals surface area contributed by atoms with E-state index in [1.165, 1.54) is 0 Å². The molecule has 0 radical (unpaired) electrons. The lowest BCUT2D eigenvalue weighted by molar-refractivity contribution is 0.0969. The van der Waals surface area contributed by atoms with Crippen LogP contribution in [0.2, 0.25) is 0 Å². The number of nitrogens with zero attached hydrogens (tertiary/aromatic N) is 4. The van der Waals surface area contributed by atoms with Gasteiger partial charge in [0.05, 0.1) is 23.3 Å². The minimum atomic E-state index is -0.544. The molecule has 1 N–H and O–H groups in total. The van der Waals surface area contributed by atoms with Crippen LogP contribution >= 0.6 is 0 Å². The Balaban J connectivity index is 1.53. The van der Waals surface area contributed by atoms with Gasteiger partial charge in [-0.2, -0.15) is 10.5 Å². The predicted octanol–water partition coefficient (Wildman–Crippen LogP) is 2.74. The highest BCUT2D eigenvalue weighted by Crippen LogP contribution is 2.27. The third kappa shape index (κ3) is 4.22. The van der Waals surface area contributed by atoms with Crippen LogP contribution in [0.4, 0.5) is 0 Å². The Morgan fingerprint density at radius 2 is 1.68 bits per heavy atom. The quantitative estimate of drug-likeness (QED) is 0.930. The molecule has 1 unspecified atom stereocenters. The van der Waals surface area contributed by atoms with Gasteiger partial charge in [-0.3, -0.25) is 4.98 Å². The molecule has 0 aliphatic carbocycles. The third-order valence-electron chi connectivity index (χ3n) is 4.78. The Bertz CT molecular complexity index is 778. The van der Waals surface area contributed by atoms with E-state index < -0.39 is 6.10 Å². The van der Waals surface area contributed by atoms with Crippen LogP contribution in [0.1, 0.15) is 47.2 Å². The number of rotatable bonds is 4. The molecular formula is C20H20N4O. The zero-order chi connectivity index (χ0) is 17.6. The number of β-amino-alcohol motifs (C(OH)–C–C–N with tert-alkyl or cyclic N) is 1. The van der Waals surface area contributed by atoms with Crippen molar-refractivity contribution < 1.29 is 5.11 Å². The smallest absolute Gasteiger partial charge is 0.101 e. The van der Waals surface area contributed by atoms with E-state index in [1.807, 2.05) is 24.3 Å². The average Bonchev–Trinajstić information content (AvgIpc) is 2.68. The summed E-state index contributed by atoms with van der Waals surface area (Å²) in [7, 11) is 0. The SMILES string of the molecule is N#Cc1ccc(C(O)CN2CCC(c3ccc(C#N)cn3)CC2)cc1. The number of aliphatic hydroxyl groups excluding tert-OH is 1. The second-order valence-electron chi connectivity index (χ2n) is 6.41. The average molecular weight is 332 g/mol. The first-order valence-electron chi connectivity index (χ1n) is 8.46. The summed E-state index contributed by atoms with van der Waals surface area (Å²) in [6.45, 7) is 2.43. The normalized spacial score (nSPS) is 16.8. The second-order valence-corrected chi connectivity index (χ2v) is 6.41. The van der Waals surface area contributed by atoms with Crippen LogP contribution in [0.3, 0.4) is 0 Å². The van der Waals surface area contributed by atoms with Gasteiger partial charge in [-0.25, -0.2) is 0 Å². The first-order valence-corrected chi connectivity index (χ1v) is 8.46. The lowest BCUT2D eigenvalue weighted by atomic mass is 9.92. The van der Waals surface area contributed by atoms with Gasteiger partial charge < -0.3 is 10.0 Å². The second kappa shape index (κ2) is 7.90. The summed E-state index contributed by atoms with van der Waals surface area (Å²) in [5, 5.41) is 28.1. The molecule has 3 rings (SSSR count). The van der Waals surface area contributed by atoms with Crippen molar-refractivity contribution >= 4 is 0 Å². The molecule has 0 bridgehead atoms. The third-order valence-corrected chi connectivity index (χ3v) is 4.78. The number of nitriles is 2. The molecule has 1 aliphatic rings. The summed E-state index contributed by atoms with van der Waals surface area (Å²) >= 11 is 0. The number of likely N-dealkylation sites (tertiary alicyclic amines) is 1. The van der Waals surface area contributed by atoms with E-state index >= 15 is 0 Å². The first kappa shape index (κ1) is 17.1. The fourth-order valence-corrected chi connectivity index (χ4v) is 3.25. The van der Waals surface area contributed by atoms with Gasteiger partial charge in [-0.05, 0) is 55.8 Å². The predicted molar refractivity (Wildman–Crippen MR) is 93.5 cm³/mol. The summed E-state index contributed by atoms with van der Waals surface area (Å²) in [6, 6.07) is 15.1. The van der Waals surface area contributed by atoms with Crippen molar-refractivity contribution in [2.24, 2.45) is 0 Å². The molecule has 1 saturated heterocycles. The van der Waals surface area contributed by atoms with Crippen LogP contribution in [0.25, 0.3) is 0 Å². The Hall–Kier alpha value is -2.73. The fraction of sp³-hybridized carbons (Fsp3) is 0.350. The zero-order valence-corrected chi connectivity index (χ0v) is 14.0. The molecule has 1 aliphatic heterocycles. The molecular weight excluding hydrogens is 312 g/mol. The van der Waals surface area contributed by atoms with Crippen molar-refractivity contribution in [2.75, 3.05) is 19.6 Å². The van der Waals surface area contributed by atoms with E-state index in [0.29, 0.717) is 23.6 Å². The molecule has 126 valence electrons. The molecule has 2 aromatic rings. The van der Waals surface area contributed by atoms with E-state index in [4.69, 9.17) is 10.5 Å². The molecule has 5 nitrogen and oxygen atoms in total. The molecule has 0 amide bonds. The maximum atomic E-state index is 10.4. The Morgan fingerprint density at radius 1 is 1.04 bits per heavy atom. The number of benzene rings is 1. The zero-order valence-electron chi connectivity index (χ0n) is 14.0. The Kier molecular flexibility index (Phi) is 5.40. The van der Waals surface area contributed by atoms with Gasteiger partial charge in [0.15, 0.2) is 0 Å². The van der Waals surface area contributed by atoms with Crippen LogP contribution in [-0.2, 0) is 0 Å². The van der Waals surface area contributed by atoms with Crippen molar-refractivity contribution in [3.63, 3.8) is 0 Å². The molecule has 5 heteroatoms. The molecule has 0 saturated carbocycles. The first-order chi connectivity index (χ1) is 12.2. The number of hydrogen-bond acceptors (Lipinski definition) is 5.